The molecule has 0 spiro atoms. The van der Waals surface area contributed by atoms with Crippen LogP contribution in [0.4, 0.5) is 0 Å². The minimum Gasteiger partial charge on any atom is -0.481 e. The molecule has 88 valence electrons. The molecule has 3 nitrogen and oxygen atoms in total. The zero-order chi connectivity index (χ0) is 12.0. The lowest BCUT2D eigenvalue weighted by Crippen LogP contribution is -2.07. The molecule has 0 fully saturated rings. The van der Waals surface area contributed by atoms with E-state index in [9.17, 15) is 4.79 Å². The van der Waals surface area contributed by atoms with Gasteiger partial charge in [-0.2, -0.15) is 0 Å². The van der Waals surface area contributed by atoms with Crippen LogP contribution in [-0.4, -0.2) is 17.7 Å². The standard InChI is InChI=1S/C13H18O3/c1-3-8-16-9-11-4-6-12(7-5-11)10(2)13(14)15/h4-7,10H,3,8-9H2,1-2H3,(H,14,15). The van der Waals surface area contributed by atoms with Gasteiger partial charge < -0.3 is 9.84 Å². The molecule has 1 unspecified atom stereocenters. The smallest absolute Gasteiger partial charge is 0.310 e. The van der Waals surface area contributed by atoms with Crippen molar-refractivity contribution in [2.24, 2.45) is 0 Å². The number of carbonyl (C=O) groups is 1. The van der Waals surface area contributed by atoms with Crippen LogP contribution in [0.2, 0.25) is 0 Å². The molecular weight excluding hydrogens is 204 g/mol. The van der Waals surface area contributed by atoms with E-state index in [1.165, 1.54) is 0 Å². The van der Waals surface area contributed by atoms with Crippen LogP contribution in [0.3, 0.4) is 0 Å². The summed E-state index contributed by atoms with van der Waals surface area (Å²) in [5, 5.41) is 8.85. The number of carboxylic acid groups (broad SMARTS) is 1. The number of hydrogen-bond acceptors (Lipinski definition) is 2. The molecule has 0 aromatic heterocycles. The maximum atomic E-state index is 10.8. The fourth-order valence-electron chi connectivity index (χ4n) is 1.38. The van der Waals surface area contributed by atoms with Gasteiger partial charge in [0.1, 0.15) is 0 Å². The van der Waals surface area contributed by atoms with Crippen molar-refractivity contribution >= 4 is 5.97 Å². The average molecular weight is 222 g/mol. The summed E-state index contributed by atoms with van der Waals surface area (Å²) >= 11 is 0. The molecule has 1 aromatic carbocycles. The zero-order valence-electron chi connectivity index (χ0n) is 9.77. The van der Waals surface area contributed by atoms with Crippen molar-refractivity contribution in [3.05, 3.63) is 35.4 Å². The third-order valence-corrected chi connectivity index (χ3v) is 2.47. The number of benzene rings is 1. The first kappa shape index (κ1) is 12.7. The molecule has 0 amide bonds. The third-order valence-electron chi connectivity index (χ3n) is 2.47. The second kappa shape index (κ2) is 6.28. The van der Waals surface area contributed by atoms with Crippen LogP contribution in [0, 0.1) is 0 Å². The Morgan fingerprint density at radius 2 is 2.00 bits per heavy atom. The molecule has 1 rings (SSSR count). The van der Waals surface area contributed by atoms with Crippen molar-refractivity contribution in [2.75, 3.05) is 6.61 Å². The summed E-state index contributed by atoms with van der Waals surface area (Å²) in [5.41, 5.74) is 1.90. The van der Waals surface area contributed by atoms with Crippen LogP contribution in [0.25, 0.3) is 0 Å². The minimum atomic E-state index is -0.796. The molecule has 3 heteroatoms. The molecule has 0 saturated heterocycles. The first-order valence-electron chi connectivity index (χ1n) is 5.54. The third kappa shape index (κ3) is 3.66. The summed E-state index contributed by atoms with van der Waals surface area (Å²) in [6.45, 7) is 5.10. The average Bonchev–Trinajstić information content (AvgIpc) is 2.29. The molecule has 0 aliphatic rings. The molecule has 1 aromatic rings. The summed E-state index contributed by atoms with van der Waals surface area (Å²) in [7, 11) is 0. The first-order chi connectivity index (χ1) is 7.65. The Morgan fingerprint density at radius 1 is 1.38 bits per heavy atom. The monoisotopic (exact) mass is 222 g/mol. The second-order valence-electron chi connectivity index (χ2n) is 3.85. The molecule has 0 heterocycles. The first-order valence-corrected chi connectivity index (χ1v) is 5.54. The molecule has 0 bridgehead atoms. The van der Waals surface area contributed by atoms with E-state index in [1.807, 2.05) is 24.3 Å². The van der Waals surface area contributed by atoms with Crippen LogP contribution in [-0.2, 0) is 16.1 Å². The van der Waals surface area contributed by atoms with E-state index >= 15 is 0 Å². The van der Waals surface area contributed by atoms with Gasteiger partial charge in [0.15, 0.2) is 0 Å². The van der Waals surface area contributed by atoms with Crippen molar-refractivity contribution < 1.29 is 14.6 Å². The van der Waals surface area contributed by atoms with E-state index in [0.717, 1.165) is 24.2 Å². The van der Waals surface area contributed by atoms with Crippen LogP contribution >= 0.6 is 0 Å². The fourth-order valence-corrected chi connectivity index (χ4v) is 1.38. The van der Waals surface area contributed by atoms with Crippen LogP contribution in [0.5, 0.6) is 0 Å². The normalized spacial score (nSPS) is 12.4. The van der Waals surface area contributed by atoms with E-state index in [4.69, 9.17) is 9.84 Å². The summed E-state index contributed by atoms with van der Waals surface area (Å²) in [4.78, 5) is 10.8. The lowest BCUT2D eigenvalue weighted by Gasteiger charge is -2.08. The zero-order valence-corrected chi connectivity index (χ0v) is 9.77. The number of hydrogen-bond donors (Lipinski definition) is 1. The molecule has 0 aliphatic carbocycles. The highest BCUT2D eigenvalue weighted by Crippen LogP contribution is 2.16. The van der Waals surface area contributed by atoms with E-state index in [-0.39, 0.29) is 0 Å². The Balaban J connectivity index is 2.57. The van der Waals surface area contributed by atoms with Gasteiger partial charge in [0.05, 0.1) is 12.5 Å². The molecule has 0 radical (unpaired) electrons. The number of carboxylic acids is 1. The van der Waals surface area contributed by atoms with Crippen molar-refractivity contribution in [3.8, 4) is 0 Å². The Bertz CT molecular complexity index is 330. The van der Waals surface area contributed by atoms with Crippen LogP contribution in [0.1, 0.15) is 37.3 Å². The maximum Gasteiger partial charge on any atom is 0.310 e. The highest BCUT2D eigenvalue weighted by molar-refractivity contribution is 5.75. The highest BCUT2D eigenvalue weighted by Gasteiger charge is 2.12. The molecule has 16 heavy (non-hydrogen) atoms. The fraction of sp³-hybridized carbons (Fsp3) is 0.462. The van der Waals surface area contributed by atoms with Gasteiger partial charge in [-0.25, -0.2) is 0 Å². The number of ether oxygens (including phenoxy) is 1. The van der Waals surface area contributed by atoms with E-state index in [2.05, 4.69) is 6.92 Å². The van der Waals surface area contributed by atoms with Gasteiger partial charge in [0.2, 0.25) is 0 Å². The predicted molar refractivity (Wildman–Crippen MR) is 62.4 cm³/mol. The van der Waals surface area contributed by atoms with Crippen molar-refractivity contribution in [1.29, 1.82) is 0 Å². The number of aliphatic carboxylic acids is 1. The van der Waals surface area contributed by atoms with Crippen molar-refractivity contribution in [1.82, 2.24) is 0 Å². The predicted octanol–water partition coefficient (Wildman–Crippen LogP) is 2.80. The van der Waals surface area contributed by atoms with Gasteiger partial charge >= 0.3 is 5.97 Å². The highest BCUT2D eigenvalue weighted by atomic mass is 16.5. The Labute approximate surface area is 96.1 Å². The van der Waals surface area contributed by atoms with Crippen LogP contribution in [0.15, 0.2) is 24.3 Å². The molecular formula is C13H18O3. The quantitative estimate of drug-likeness (QED) is 0.753. The summed E-state index contributed by atoms with van der Waals surface area (Å²) < 4.78 is 5.40. The SMILES string of the molecule is CCCOCc1ccc(C(C)C(=O)O)cc1. The minimum absolute atomic E-state index is 0.453. The summed E-state index contributed by atoms with van der Waals surface area (Å²) in [6, 6.07) is 7.54. The Morgan fingerprint density at radius 3 is 2.50 bits per heavy atom. The lowest BCUT2D eigenvalue weighted by atomic mass is 10.0. The maximum absolute atomic E-state index is 10.8. The van der Waals surface area contributed by atoms with E-state index in [1.54, 1.807) is 6.92 Å². The topological polar surface area (TPSA) is 46.5 Å². The van der Waals surface area contributed by atoms with Gasteiger partial charge in [-0.15, -0.1) is 0 Å². The molecule has 0 aliphatic heterocycles. The van der Waals surface area contributed by atoms with E-state index in [0.29, 0.717) is 6.61 Å². The Kier molecular flexibility index (Phi) is 4.99. The molecule has 0 saturated carbocycles. The Hall–Kier alpha value is -1.35. The number of rotatable bonds is 6. The largest absolute Gasteiger partial charge is 0.481 e. The van der Waals surface area contributed by atoms with Crippen molar-refractivity contribution in [3.63, 3.8) is 0 Å². The molecule has 1 atom stereocenters. The van der Waals surface area contributed by atoms with Gasteiger partial charge in [-0.05, 0) is 24.5 Å². The summed E-state index contributed by atoms with van der Waals surface area (Å²) in [5.74, 6) is -1.25. The summed E-state index contributed by atoms with van der Waals surface area (Å²) in [6.07, 6.45) is 1.01. The van der Waals surface area contributed by atoms with Gasteiger partial charge in [-0.1, -0.05) is 31.2 Å². The van der Waals surface area contributed by atoms with E-state index < -0.39 is 11.9 Å². The van der Waals surface area contributed by atoms with Crippen molar-refractivity contribution in [2.45, 2.75) is 32.8 Å². The van der Waals surface area contributed by atoms with Gasteiger partial charge in [-0.3, -0.25) is 4.79 Å². The lowest BCUT2D eigenvalue weighted by molar-refractivity contribution is -0.138. The van der Waals surface area contributed by atoms with Crippen LogP contribution < -0.4 is 0 Å². The van der Waals surface area contributed by atoms with Gasteiger partial charge in [0.25, 0.3) is 0 Å². The van der Waals surface area contributed by atoms with Gasteiger partial charge in [0, 0.05) is 6.61 Å². The second-order valence-corrected chi connectivity index (χ2v) is 3.85. The molecule has 1 N–H and O–H groups in total.